The largest absolute Gasteiger partial charge is 0.507 e. The van der Waals surface area contributed by atoms with Gasteiger partial charge in [0.05, 0.1) is 30.5 Å². The van der Waals surface area contributed by atoms with Crippen molar-refractivity contribution in [1.29, 1.82) is 0 Å². The summed E-state index contributed by atoms with van der Waals surface area (Å²) in [4.78, 5) is 44.4. The summed E-state index contributed by atoms with van der Waals surface area (Å²) in [6.07, 6.45) is -0.0190. The third-order valence-corrected chi connectivity index (χ3v) is 6.56. The number of esters is 1. The van der Waals surface area contributed by atoms with Gasteiger partial charge in [0.1, 0.15) is 16.4 Å². The number of methoxy groups -OCH3 is 1. The number of ketones is 1. The standard InChI is InChI=1S/C26H24N2O6S/c1-14(2)34-18-12-10-17(11-13-18)21(29)19-20(16-8-6-5-7-9-16)28(24(31)22(19)30)26-27-15(3)23(35-26)25(32)33-4/h5-14,20,29H,1-4H3/b21-19+/t20-/m0/s1. The van der Waals surface area contributed by atoms with Crippen LogP contribution in [0, 0.1) is 6.92 Å². The fourth-order valence-corrected chi connectivity index (χ4v) is 4.88. The molecule has 0 radical (unpaired) electrons. The zero-order valence-electron chi connectivity index (χ0n) is 19.6. The molecule has 2 heterocycles. The summed E-state index contributed by atoms with van der Waals surface area (Å²) in [5, 5.41) is 11.4. The maximum atomic E-state index is 13.2. The van der Waals surface area contributed by atoms with Crippen molar-refractivity contribution in [3.8, 4) is 5.75 Å². The van der Waals surface area contributed by atoms with Crippen LogP contribution in [0.5, 0.6) is 5.75 Å². The predicted molar refractivity (Wildman–Crippen MR) is 132 cm³/mol. The summed E-state index contributed by atoms with van der Waals surface area (Å²) in [6, 6.07) is 14.6. The van der Waals surface area contributed by atoms with Crippen LogP contribution in [0.2, 0.25) is 0 Å². The molecule has 180 valence electrons. The van der Waals surface area contributed by atoms with Crippen molar-refractivity contribution in [3.05, 3.63) is 81.9 Å². The highest BCUT2D eigenvalue weighted by Gasteiger charge is 2.48. The van der Waals surface area contributed by atoms with Crippen LogP contribution in [0.3, 0.4) is 0 Å². The minimum atomic E-state index is -0.932. The summed E-state index contributed by atoms with van der Waals surface area (Å²) in [6.45, 7) is 5.43. The number of aliphatic hydroxyl groups excluding tert-OH is 1. The molecule has 2 aromatic carbocycles. The molecule has 0 saturated carbocycles. The Hall–Kier alpha value is -3.98. The van der Waals surface area contributed by atoms with Crippen molar-refractivity contribution < 1.29 is 29.0 Å². The monoisotopic (exact) mass is 492 g/mol. The van der Waals surface area contributed by atoms with E-state index in [2.05, 4.69) is 4.98 Å². The molecule has 1 atom stereocenters. The molecule has 1 saturated heterocycles. The first-order valence-electron chi connectivity index (χ1n) is 10.9. The first kappa shape index (κ1) is 24.2. The molecule has 3 aromatic rings. The van der Waals surface area contributed by atoms with Crippen LogP contribution in [0.4, 0.5) is 5.13 Å². The predicted octanol–water partition coefficient (Wildman–Crippen LogP) is 4.65. The second kappa shape index (κ2) is 9.71. The van der Waals surface area contributed by atoms with Crippen molar-refractivity contribution in [2.75, 3.05) is 12.0 Å². The summed E-state index contributed by atoms with van der Waals surface area (Å²) >= 11 is 0.957. The molecule has 0 unspecified atom stereocenters. The van der Waals surface area contributed by atoms with Crippen LogP contribution in [0.15, 0.2) is 60.2 Å². The molecule has 4 rings (SSSR count). The number of nitrogens with zero attached hydrogens (tertiary/aromatic N) is 2. The second-order valence-corrected chi connectivity index (χ2v) is 9.15. The van der Waals surface area contributed by atoms with E-state index in [1.807, 2.05) is 19.9 Å². The number of Topliss-reactive ketones (excluding diaryl/α,β-unsaturated/α-hetero) is 1. The Kier molecular flexibility index (Phi) is 6.70. The number of aryl methyl sites for hydroxylation is 1. The molecule has 1 fully saturated rings. The smallest absolute Gasteiger partial charge is 0.350 e. The van der Waals surface area contributed by atoms with Gasteiger partial charge in [-0.15, -0.1) is 0 Å². The van der Waals surface area contributed by atoms with Gasteiger partial charge in [0.15, 0.2) is 5.13 Å². The molecule has 0 aliphatic carbocycles. The van der Waals surface area contributed by atoms with Crippen LogP contribution in [-0.4, -0.2) is 41.0 Å². The lowest BCUT2D eigenvalue weighted by Gasteiger charge is -2.23. The number of aliphatic hydroxyl groups is 1. The molecular weight excluding hydrogens is 468 g/mol. The van der Waals surface area contributed by atoms with Gasteiger partial charge in [-0.25, -0.2) is 9.78 Å². The van der Waals surface area contributed by atoms with Gasteiger partial charge in [-0.1, -0.05) is 41.7 Å². The van der Waals surface area contributed by atoms with E-state index < -0.39 is 23.7 Å². The maximum absolute atomic E-state index is 13.2. The maximum Gasteiger partial charge on any atom is 0.350 e. The Balaban J connectivity index is 1.85. The van der Waals surface area contributed by atoms with Gasteiger partial charge in [-0.05, 0) is 50.6 Å². The number of carbonyl (C=O) groups excluding carboxylic acids is 3. The molecule has 9 heteroatoms. The van der Waals surface area contributed by atoms with E-state index in [0.29, 0.717) is 22.6 Å². The minimum absolute atomic E-state index is 0.0190. The van der Waals surface area contributed by atoms with Crippen LogP contribution in [-0.2, 0) is 14.3 Å². The normalized spacial score (nSPS) is 17.2. The van der Waals surface area contributed by atoms with Crippen molar-refractivity contribution in [3.63, 3.8) is 0 Å². The highest BCUT2D eigenvalue weighted by atomic mass is 32.1. The molecule has 35 heavy (non-hydrogen) atoms. The number of ether oxygens (including phenoxy) is 2. The van der Waals surface area contributed by atoms with E-state index in [1.54, 1.807) is 55.5 Å². The summed E-state index contributed by atoms with van der Waals surface area (Å²) in [5.74, 6) is -1.96. The van der Waals surface area contributed by atoms with E-state index >= 15 is 0 Å². The number of amides is 1. The Morgan fingerprint density at radius 2 is 1.74 bits per heavy atom. The van der Waals surface area contributed by atoms with E-state index in [1.165, 1.54) is 12.0 Å². The Labute approximate surface area is 206 Å². The van der Waals surface area contributed by atoms with Gasteiger partial charge in [0.2, 0.25) is 0 Å². The lowest BCUT2D eigenvalue weighted by molar-refractivity contribution is -0.132. The fraction of sp³-hybridized carbons (Fsp3) is 0.231. The first-order chi connectivity index (χ1) is 16.7. The van der Waals surface area contributed by atoms with Crippen LogP contribution >= 0.6 is 11.3 Å². The van der Waals surface area contributed by atoms with Crippen molar-refractivity contribution in [2.45, 2.75) is 32.9 Å². The van der Waals surface area contributed by atoms with Gasteiger partial charge in [0, 0.05) is 5.56 Å². The quantitative estimate of drug-likeness (QED) is 0.231. The van der Waals surface area contributed by atoms with Gasteiger partial charge in [-0.2, -0.15) is 0 Å². The molecule has 1 aromatic heterocycles. The number of aromatic nitrogens is 1. The Morgan fingerprint density at radius 3 is 2.34 bits per heavy atom. The number of carbonyl (C=O) groups is 3. The van der Waals surface area contributed by atoms with E-state index in [9.17, 15) is 19.5 Å². The number of thiazole rings is 1. The van der Waals surface area contributed by atoms with Crippen LogP contribution in [0.25, 0.3) is 5.76 Å². The highest BCUT2D eigenvalue weighted by molar-refractivity contribution is 7.17. The van der Waals surface area contributed by atoms with Gasteiger partial charge < -0.3 is 14.6 Å². The van der Waals surface area contributed by atoms with Crippen molar-refractivity contribution >= 4 is 39.9 Å². The SMILES string of the molecule is COC(=O)c1sc(N2C(=O)C(=O)/C(=C(/O)c3ccc(OC(C)C)cc3)[C@@H]2c2ccccc2)nc1C. The summed E-state index contributed by atoms with van der Waals surface area (Å²) in [5.41, 5.74) is 1.29. The molecule has 8 nitrogen and oxygen atoms in total. The average molecular weight is 493 g/mol. The van der Waals surface area contributed by atoms with Gasteiger partial charge in [0.25, 0.3) is 5.78 Å². The summed E-state index contributed by atoms with van der Waals surface area (Å²) in [7, 11) is 1.26. The molecule has 1 aliphatic heterocycles. The lowest BCUT2D eigenvalue weighted by atomic mass is 9.95. The topological polar surface area (TPSA) is 106 Å². The fourth-order valence-electron chi connectivity index (χ4n) is 3.87. The number of hydrogen-bond donors (Lipinski definition) is 1. The van der Waals surface area contributed by atoms with Crippen LogP contribution < -0.4 is 9.64 Å². The number of anilines is 1. The molecule has 1 amide bonds. The van der Waals surface area contributed by atoms with Crippen LogP contribution in [0.1, 0.15) is 46.4 Å². The second-order valence-electron chi connectivity index (χ2n) is 8.17. The zero-order valence-corrected chi connectivity index (χ0v) is 20.5. The van der Waals surface area contributed by atoms with E-state index in [4.69, 9.17) is 9.47 Å². The molecule has 0 spiro atoms. The molecule has 1 aliphatic rings. The highest BCUT2D eigenvalue weighted by Crippen LogP contribution is 2.43. The molecule has 1 N–H and O–H groups in total. The summed E-state index contributed by atoms with van der Waals surface area (Å²) < 4.78 is 10.5. The molecular formula is C26H24N2O6S. The number of hydrogen-bond acceptors (Lipinski definition) is 8. The average Bonchev–Trinajstić information content (AvgIpc) is 3.35. The van der Waals surface area contributed by atoms with Gasteiger partial charge in [-0.3, -0.25) is 14.5 Å². The first-order valence-corrected chi connectivity index (χ1v) is 11.7. The third kappa shape index (κ3) is 4.54. The van der Waals surface area contributed by atoms with E-state index in [-0.39, 0.29) is 27.4 Å². The minimum Gasteiger partial charge on any atom is -0.507 e. The van der Waals surface area contributed by atoms with E-state index in [0.717, 1.165) is 11.3 Å². The van der Waals surface area contributed by atoms with Crippen molar-refractivity contribution in [2.24, 2.45) is 0 Å². The number of rotatable bonds is 6. The number of benzene rings is 2. The third-order valence-electron chi connectivity index (χ3n) is 5.42. The Bertz CT molecular complexity index is 1310. The molecule has 0 bridgehead atoms. The Morgan fingerprint density at radius 1 is 1.09 bits per heavy atom. The lowest BCUT2D eigenvalue weighted by Crippen LogP contribution is -2.29. The van der Waals surface area contributed by atoms with Crippen molar-refractivity contribution in [1.82, 2.24) is 4.98 Å². The van der Waals surface area contributed by atoms with Gasteiger partial charge >= 0.3 is 11.9 Å². The zero-order chi connectivity index (χ0) is 25.3.